The van der Waals surface area contributed by atoms with Crippen LogP contribution < -0.4 is 0 Å². The van der Waals surface area contributed by atoms with Crippen molar-refractivity contribution >= 4 is 12.4 Å². The Bertz CT molecular complexity index is 205. The summed E-state index contributed by atoms with van der Waals surface area (Å²) < 4.78 is 0. The van der Waals surface area contributed by atoms with Gasteiger partial charge in [0.15, 0.2) is 0 Å². The molecule has 0 nitrogen and oxygen atoms in total. The predicted octanol–water partition coefficient (Wildman–Crippen LogP) is 2.99. The molecule has 11 heavy (non-hydrogen) atoms. The van der Waals surface area contributed by atoms with E-state index < -0.39 is 0 Å². The molecular weight excluding hydrogens is 156 g/mol. The molecule has 60 valence electrons. The maximum Gasteiger partial charge on any atom is -0.0276 e. The third-order valence-corrected chi connectivity index (χ3v) is 2.26. The van der Waals surface area contributed by atoms with Gasteiger partial charge in [-0.2, -0.15) is 0 Å². The third kappa shape index (κ3) is 1.75. The minimum absolute atomic E-state index is 0. The molecule has 0 saturated heterocycles. The zero-order valence-electron chi connectivity index (χ0n) is 6.55. The molecule has 0 radical (unpaired) electrons. The van der Waals surface area contributed by atoms with Crippen LogP contribution in [0.15, 0.2) is 24.3 Å². The first-order valence-corrected chi connectivity index (χ1v) is 4.03. The van der Waals surface area contributed by atoms with E-state index >= 15 is 0 Å². The summed E-state index contributed by atoms with van der Waals surface area (Å²) in [5.41, 5.74) is 3.16. The summed E-state index contributed by atoms with van der Waals surface area (Å²) >= 11 is 0. The van der Waals surface area contributed by atoms with Crippen molar-refractivity contribution in [3.05, 3.63) is 35.4 Å². The molecule has 0 fully saturated rings. The van der Waals surface area contributed by atoms with Crippen LogP contribution in [0, 0.1) is 0 Å². The van der Waals surface area contributed by atoms with Gasteiger partial charge in [0.25, 0.3) is 0 Å². The molecule has 0 bridgehead atoms. The maximum atomic E-state index is 2.26. The number of fused-ring (bicyclic) bond motifs is 1. The zero-order chi connectivity index (χ0) is 6.81. The molecule has 0 unspecified atom stereocenters. The van der Waals surface area contributed by atoms with Crippen molar-refractivity contribution in [3.63, 3.8) is 0 Å². The van der Waals surface area contributed by atoms with Gasteiger partial charge in [-0.1, -0.05) is 24.3 Å². The minimum Gasteiger partial charge on any atom is -0.147 e. The highest BCUT2D eigenvalue weighted by atomic mass is 35.5. The molecule has 1 aromatic rings. The quantitative estimate of drug-likeness (QED) is 0.559. The van der Waals surface area contributed by atoms with Crippen molar-refractivity contribution in [2.24, 2.45) is 0 Å². The highest BCUT2D eigenvalue weighted by Crippen LogP contribution is 2.19. The third-order valence-electron chi connectivity index (χ3n) is 2.26. The standard InChI is InChI=1S/C10H12.ClH/c1-2-6-10-8-4-3-7-9(10)5-1;/h1-2,5-6H,3-4,7-8H2;1H. The predicted molar refractivity (Wildman–Crippen MR) is 50.3 cm³/mol. The molecule has 0 aliphatic heterocycles. The minimum atomic E-state index is 0. The van der Waals surface area contributed by atoms with E-state index in [1.165, 1.54) is 25.7 Å². The first-order valence-electron chi connectivity index (χ1n) is 4.03. The van der Waals surface area contributed by atoms with Crippen molar-refractivity contribution in [1.82, 2.24) is 0 Å². The molecule has 2 rings (SSSR count). The highest BCUT2D eigenvalue weighted by molar-refractivity contribution is 5.85. The lowest BCUT2D eigenvalue weighted by molar-refractivity contribution is 0.685. The van der Waals surface area contributed by atoms with Gasteiger partial charge in [0, 0.05) is 0 Å². The van der Waals surface area contributed by atoms with Crippen LogP contribution in [0.25, 0.3) is 0 Å². The molecular formula is C10H13Cl. The zero-order valence-corrected chi connectivity index (χ0v) is 7.36. The van der Waals surface area contributed by atoms with Crippen molar-refractivity contribution < 1.29 is 0 Å². The van der Waals surface area contributed by atoms with Gasteiger partial charge < -0.3 is 0 Å². The van der Waals surface area contributed by atoms with Gasteiger partial charge >= 0.3 is 0 Å². The number of benzene rings is 1. The number of rotatable bonds is 0. The first-order chi connectivity index (χ1) is 4.97. The Morgan fingerprint density at radius 2 is 1.27 bits per heavy atom. The normalized spacial score (nSPS) is 14.9. The topological polar surface area (TPSA) is 0 Å². The molecule has 0 saturated carbocycles. The number of hydrogen-bond acceptors (Lipinski definition) is 0. The van der Waals surface area contributed by atoms with Crippen molar-refractivity contribution in [2.45, 2.75) is 25.7 Å². The lowest BCUT2D eigenvalue weighted by Crippen LogP contribution is -2.00. The Balaban J connectivity index is 0.000000605. The summed E-state index contributed by atoms with van der Waals surface area (Å²) in [5, 5.41) is 0. The Morgan fingerprint density at radius 3 is 1.73 bits per heavy atom. The number of aryl methyl sites for hydroxylation is 2. The SMILES string of the molecule is Cl.c1ccc2c(c1)CCCC2. The summed E-state index contributed by atoms with van der Waals surface area (Å²) in [7, 11) is 0. The Labute approximate surface area is 74.0 Å². The Kier molecular flexibility index (Phi) is 2.95. The largest absolute Gasteiger partial charge is 0.147 e. The molecule has 0 spiro atoms. The summed E-state index contributed by atoms with van der Waals surface area (Å²) in [4.78, 5) is 0. The van der Waals surface area contributed by atoms with E-state index in [4.69, 9.17) is 0 Å². The van der Waals surface area contributed by atoms with Crippen LogP contribution in [0.4, 0.5) is 0 Å². The van der Waals surface area contributed by atoms with Gasteiger partial charge in [0.05, 0.1) is 0 Å². The molecule has 0 amide bonds. The Hall–Kier alpha value is -0.490. The van der Waals surface area contributed by atoms with E-state index in [9.17, 15) is 0 Å². The molecule has 1 aromatic carbocycles. The molecule has 1 aliphatic carbocycles. The second kappa shape index (κ2) is 3.77. The van der Waals surface area contributed by atoms with Crippen LogP contribution >= 0.6 is 12.4 Å². The van der Waals surface area contributed by atoms with Crippen molar-refractivity contribution in [1.29, 1.82) is 0 Å². The maximum absolute atomic E-state index is 2.26. The van der Waals surface area contributed by atoms with Crippen LogP contribution in [0.2, 0.25) is 0 Å². The fourth-order valence-electron chi connectivity index (χ4n) is 1.68. The van der Waals surface area contributed by atoms with Gasteiger partial charge in [-0.15, -0.1) is 12.4 Å². The monoisotopic (exact) mass is 168 g/mol. The number of halogens is 1. The van der Waals surface area contributed by atoms with Crippen molar-refractivity contribution in [3.8, 4) is 0 Å². The first kappa shape index (κ1) is 8.61. The fourth-order valence-corrected chi connectivity index (χ4v) is 1.68. The van der Waals surface area contributed by atoms with E-state index in [0.717, 1.165) is 0 Å². The van der Waals surface area contributed by atoms with Crippen LogP contribution in [0.3, 0.4) is 0 Å². The fraction of sp³-hybridized carbons (Fsp3) is 0.400. The van der Waals surface area contributed by atoms with Crippen molar-refractivity contribution in [2.75, 3.05) is 0 Å². The lowest BCUT2D eigenvalue weighted by atomic mass is 9.92. The molecule has 0 N–H and O–H groups in total. The number of hydrogen-bond donors (Lipinski definition) is 0. The van der Waals surface area contributed by atoms with E-state index in [2.05, 4.69) is 24.3 Å². The Morgan fingerprint density at radius 1 is 0.818 bits per heavy atom. The molecule has 1 aliphatic rings. The van der Waals surface area contributed by atoms with Gasteiger partial charge in [-0.25, -0.2) is 0 Å². The average molecular weight is 169 g/mol. The molecule has 1 heteroatoms. The van der Waals surface area contributed by atoms with Crippen LogP contribution in [-0.2, 0) is 12.8 Å². The second-order valence-electron chi connectivity index (χ2n) is 2.98. The lowest BCUT2D eigenvalue weighted by Gasteiger charge is -2.13. The van der Waals surface area contributed by atoms with E-state index in [-0.39, 0.29) is 12.4 Å². The van der Waals surface area contributed by atoms with Crippen LogP contribution in [0.1, 0.15) is 24.0 Å². The van der Waals surface area contributed by atoms with Gasteiger partial charge in [-0.05, 0) is 36.8 Å². The van der Waals surface area contributed by atoms with Gasteiger partial charge in [0.1, 0.15) is 0 Å². The van der Waals surface area contributed by atoms with E-state index in [1.807, 2.05) is 0 Å². The average Bonchev–Trinajstić information content (AvgIpc) is 2.05. The van der Waals surface area contributed by atoms with Gasteiger partial charge in [-0.3, -0.25) is 0 Å². The summed E-state index contributed by atoms with van der Waals surface area (Å²) in [5.74, 6) is 0. The van der Waals surface area contributed by atoms with E-state index in [0.29, 0.717) is 0 Å². The van der Waals surface area contributed by atoms with Crippen LogP contribution in [-0.4, -0.2) is 0 Å². The summed E-state index contributed by atoms with van der Waals surface area (Å²) in [6.07, 6.45) is 5.38. The molecule has 0 heterocycles. The second-order valence-corrected chi connectivity index (χ2v) is 2.98. The van der Waals surface area contributed by atoms with Crippen LogP contribution in [0.5, 0.6) is 0 Å². The van der Waals surface area contributed by atoms with Gasteiger partial charge in [0.2, 0.25) is 0 Å². The summed E-state index contributed by atoms with van der Waals surface area (Å²) in [6.45, 7) is 0. The summed E-state index contributed by atoms with van der Waals surface area (Å²) in [6, 6.07) is 8.80. The molecule has 0 atom stereocenters. The molecule has 0 aromatic heterocycles. The van der Waals surface area contributed by atoms with E-state index in [1.54, 1.807) is 11.1 Å². The smallest absolute Gasteiger partial charge is 0.0276 e. The highest BCUT2D eigenvalue weighted by Gasteiger charge is 2.05.